The van der Waals surface area contributed by atoms with Crippen molar-refractivity contribution in [3.8, 4) is 0 Å². The molecule has 0 aromatic carbocycles. The van der Waals surface area contributed by atoms with Crippen LogP contribution in [0.5, 0.6) is 0 Å². The molecule has 3 atom stereocenters. The Labute approximate surface area is 160 Å². The lowest BCUT2D eigenvalue weighted by atomic mass is 10.1. The molecular formula is C19H30N4O4. The molecule has 2 fully saturated rings. The fourth-order valence-corrected chi connectivity index (χ4v) is 3.95. The van der Waals surface area contributed by atoms with E-state index >= 15 is 0 Å². The van der Waals surface area contributed by atoms with Gasteiger partial charge in [-0.05, 0) is 26.7 Å². The summed E-state index contributed by atoms with van der Waals surface area (Å²) in [6, 6.07) is 0.461. The zero-order valence-electron chi connectivity index (χ0n) is 16.7. The molecule has 1 N–H and O–H groups in total. The van der Waals surface area contributed by atoms with Crippen LogP contribution in [0.15, 0.2) is 4.52 Å². The van der Waals surface area contributed by atoms with E-state index in [2.05, 4.69) is 15.4 Å². The van der Waals surface area contributed by atoms with Gasteiger partial charge in [0.25, 0.3) is 0 Å². The van der Waals surface area contributed by atoms with Crippen LogP contribution in [0.25, 0.3) is 0 Å². The first-order chi connectivity index (χ1) is 12.8. The average Bonchev–Trinajstić information content (AvgIpc) is 3.15. The first-order valence-electron chi connectivity index (χ1n) is 9.60. The Morgan fingerprint density at radius 3 is 2.74 bits per heavy atom. The highest BCUT2D eigenvalue weighted by Crippen LogP contribution is 2.25. The van der Waals surface area contributed by atoms with E-state index < -0.39 is 0 Å². The normalized spacial score (nSPS) is 25.3. The predicted octanol–water partition coefficient (Wildman–Crippen LogP) is 0.660. The number of aromatic nitrogens is 1. The summed E-state index contributed by atoms with van der Waals surface area (Å²) in [5.41, 5.74) is 1.88. The van der Waals surface area contributed by atoms with Crippen molar-refractivity contribution in [3.05, 3.63) is 17.0 Å². The predicted molar refractivity (Wildman–Crippen MR) is 99.3 cm³/mol. The van der Waals surface area contributed by atoms with Crippen molar-refractivity contribution in [2.24, 2.45) is 0 Å². The van der Waals surface area contributed by atoms with E-state index in [1.165, 1.54) is 0 Å². The van der Waals surface area contributed by atoms with Crippen LogP contribution in [0.4, 0.5) is 0 Å². The number of carbonyl (C=O) groups excluding carboxylic acids is 2. The van der Waals surface area contributed by atoms with Crippen LogP contribution >= 0.6 is 0 Å². The third kappa shape index (κ3) is 4.87. The number of fused-ring (bicyclic) bond motifs is 1. The Morgan fingerprint density at radius 2 is 2.07 bits per heavy atom. The summed E-state index contributed by atoms with van der Waals surface area (Å²) < 4.78 is 11.0. The minimum absolute atomic E-state index is 0.0556. The second-order valence-electron chi connectivity index (χ2n) is 7.86. The average molecular weight is 378 g/mol. The van der Waals surface area contributed by atoms with Crippen LogP contribution in [-0.2, 0) is 20.7 Å². The highest BCUT2D eigenvalue weighted by Gasteiger charge is 2.38. The molecule has 0 radical (unpaired) electrons. The maximum Gasteiger partial charge on any atom is 0.224 e. The van der Waals surface area contributed by atoms with E-state index in [0.717, 1.165) is 36.5 Å². The number of morpholine rings is 1. The maximum absolute atomic E-state index is 12.3. The van der Waals surface area contributed by atoms with Gasteiger partial charge in [0.05, 0.1) is 24.8 Å². The van der Waals surface area contributed by atoms with Gasteiger partial charge in [0.1, 0.15) is 5.76 Å². The molecule has 0 aliphatic carbocycles. The fourth-order valence-electron chi connectivity index (χ4n) is 3.95. The topological polar surface area (TPSA) is 87.9 Å². The first kappa shape index (κ1) is 19.8. The summed E-state index contributed by atoms with van der Waals surface area (Å²) in [5.74, 6) is 0.927. The van der Waals surface area contributed by atoms with Gasteiger partial charge in [-0.3, -0.25) is 14.5 Å². The van der Waals surface area contributed by atoms with Gasteiger partial charge in [0, 0.05) is 51.3 Å². The van der Waals surface area contributed by atoms with E-state index in [0.29, 0.717) is 31.9 Å². The van der Waals surface area contributed by atoms with Crippen LogP contribution in [0.3, 0.4) is 0 Å². The SMILES string of the molecule is Cc1noc(C)c1CCC(=O)N[C@H]1C[C@H]2CO[C@@H](CC(=O)N(C)C)CN2C1. The highest BCUT2D eigenvalue weighted by atomic mass is 16.5. The Hall–Kier alpha value is -1.93. The van der Waals surface area contributed by atoms with Crippen LogP contribution in [0.1, 0.15) is 36.3 Å². The van der Waals surface area contributed by atoms with Gasteiger partial charge in [-0.25, -0.2) is 0 Å². The summed E-state index contributed by atoms with van der Waals surface area (Å²) >= 11 is 0. The van der Waals surface area contributed by atoms with Crippen molar-refractivity contribution in [1.82, 2.24) is 20.3 Å². The van der Waals surface area contributed by atoms with Crippen LogP contribution in [0.2, 0.25) is 0 Å². The zero-order chi connectivity index (χ0) is 19.6. The van der Waals surface area contributed by atoms with Crippen molar-refractivity contribution >= 4 is 11.8 Å². The summed E-state index contributed by atoms with van der Waals surface area (Å²) in [5, 5.41) is 7.08. The lowest BCUT2D eigenvalue weighted by molar-refractivity contribution is -0.134. The molecule has 0 spiro atoms. The van der Waals surface area contributed by atoms with Crippen molar-refractivity contribution in [3.63, 3.8) is 0 Å². The van der Waals surface area contributed by atoms with E-state index in [1.54, 1.807) is 19.0 Å². The lowest BCUT2D eigenvalue weighted by Crippen LogP contribution is -2.47. The summed E-state index contributed by atoms with van der Waals surface area (Å²) in [6.07, 6.45) is 2.31. The molecule has 1 aromatic rings. The van der Waals surface area contributed by atoms with Crippen molar-refractivity contribution in [1.29, 1.82) is 0 Å². The van der Waals surface area contributed by atoms with Crippen LogP contribution < -0.4 is 5.32 Å². The number of rotatable bonds is 6. The summed E-state index contributed by atoms with van der Waals surface area (Å²) in [6.45, 7) is 5.96. The van der Waals surface area contributed by atoms with E-state index in [1.807, 2.05) is 13.8 Å². The second kappa shape index (κ2) is 8.39. The number of ether oxygens (including phenoxy) is 1. The molecule has 2 amide bonds. The molecule has 2 aliphatic rings. The number of carbonyl (C=O) groups is 2. The fraction of sp³-hybridized carbons (Fsp3) is 0.737. The molecular weight excluding hydrogens is 348 g/mol. The molecule has 3 heterocycles. The van der Waals surface area contributed by atoms with Gasteiger partial charge in [0.15, 0.2) is 0 Å². The third-order valence-electron chi connectivity index (χ3n) is 5.54. The molecule has 2 saturated heterocycles. The first-order valence-corrected chi connectivity index (χ1v) is 9.60. The van der Waals surface area contributed by atoms with Gasteiger partial charge in [-0.1, -0.05) is 5.16 Å². The Balaban J connectivity index is 1.44. The van der Waals surface area contributed by atoms with E-state index in [-0.39, 0.29) is 24.0 Å². The molecule has 3 rings (SSSR count). The number of nitrogens with one attached hydrogen (secondary N) is 1. The molecule has 0 bridgehead atoms. The minimum atomic E-state index is -0.0647. The molecule has 8 nitrogen and oxygen atoms in total. The van der Waals surface area contributed by atoms with Gasteiger partial charge < -0.3 is 19.5 Å². The molecule has 150 valence electrons. The number of hydrogen-bond donors (Lipinski definition) is 1. The monoisotopic (exact) mass is 378 g/mol. The number of hydrogen-bond acceptors (Lipinski definition) is 6. The number of nitrogens with zero attached hydrogens (tertiary/aromatic N) is 3. The standard InChI is InChI=1S/C19H30N4O4/c1-12-17(13(2)27-21-12)5-6-18(24)20-14-7-15-11-26-16(10-23(15)9-14)8-19(25)22(3)4/h14-16H,5-11H2,1-4H3,(H,20,24)/t14-,15-,16-/m0/s1. The van der Waals surface area contributed by atoms with E-state index in [4.69, 9.17) is 9.26 Å². The lowest BCUT2D eigenvalue weighted by Gasteiger charge is -2.35. The third-order valence-corrected chi connectivity index (χ3v) is 5.54. The quantitative estimate of drug-likeness (QED) is 0.782. The van der Waals surface area contributed by atoms with Gasteiger partial charge >= 0.3 is 0 Å². The Bertz CT molecular complexity index is 668. The number of amides is 2. The van der Waals surface area contributed by atoms with Crippen LogP contribution in [-0.4, -0.2) is 78.8 Å². The van der Waals surface area contributed by atoms with Crippen molar-refractivity contribution in [2.75, 3.05) is 33.8 Å². The molecule has 0 saturated carbocycles. The van der Waals surface area contributed by atoms with E-state index in [9.17, 15) is 9.59 Å². The van der Waals surface area contributed by atoms with Gasteiger partial charge in [-0.15, -0.1) is 0 Å². The maximum atomic E-state index is 12.3. The molecule has 27 heavy (non-hydrogen) atoms. The minimum Gasteiger partial charge on any atom is -0.375 e. The summed E-state index contributed by atoms with van der Waals surface area (Å²) in [7, 11) is 3.52. The smallest absolute Gasteiger partial charge is 0.224 e. The number of aryl methyl sites for hydroxylation is 2. The molecule has 1 aromatic heterocycles. The Morgan fingerprint density at radius 1 is 1.30 bits per heavy atom. The summed E-state index contributed by atoms with van der Waals surface area (Å²) in [4.78, 5) is 28.2. The molecule has 2 aliphatic heterocycles. The highest BCUT2D eigenvalue weighted by molar-refractivity contribution is 5.77. The second-order valence-corrected chi connectivity index (χ2v) is 7.86. The van der Waals surface area contributed by atoms with Crippen molar-refractivity contribution in [2.45, 2.75) is 57.7 Å². The van der Waals surface area contributed by atoms with Gasteiger partial charge in [0.2, 0.25) is 11.8 Å². The molecule has 0 unspecified atom stereocenters. The zero-order valence-corrected chi connectivity index (χ0v) is 16.7. The van der Waals surface area contributed by atoms with Crippen molar-refractivity contribution < 1.29 is 18.8 Å². The largest absolute Gasteiger partial charge is 0.375 e. The van der Waals surface area contributed by atoms with Gasteiger partial charge in [-0.2, -0.15) is 0 Å². The Kier molecular flexibility index (Phi) is 6.16. The van der Waals surface area contributed by atoms with Crippen LogP contribution in [0, 0.1) is 13.8 Å². The molecule has 8 heteroatoms.